The predicted octanol–water partition coefficient (Wildman–Crippen LogP) is 3.35. The van der Waals surface area contributed by atoms with E-state index in [4.69, 9.17) is 14.5 Å². The summed E-state index contributed by atoms with van der Waals surface area (Å²) < 4.78 is 7.96. The molecule has 1 aromatic carbocycles. The van der Waals surface area contributed by atoms with Crippen molar-refractivity contribution in [2.24, 2.45) is 0 Å². The van der Waals surface area contributed by atoms with Gasteiger partial charge in [0, 0.05) is 24.9 Å². The summed E-state index contributed by atoms with van der Waals surface area (Å²) in [5, 5.41) is 4.80. The summed E-state index contributed by atoms with van der Waals surface area (Å²) in [7, 11) is 0. The molecule has 0 saturated heterocycles. The topological polar surface area (TPSA) is 75.2 Å². The van der Waals surface area contributed by atoms with Crippen LogP contribution in [-0.2, 0) is 6.42 Å². The molecule has 0 amide bonds. The van der Waals surface area contributed by atoms with Gasteiger partial charge in [-0.05, 0) is 30.3 Å². The van der Waals surface area contributed by atoms with Gasteiger partial charge in [0.1, 0.15) is 11.6 Å². The average molecular weight is 356 g/mol. The molecule has 1 N–H and O–H groups in total. The highest BCUT2D eigenvalue weighted by Gasteiger charge is 2.35. The van der Waals surface area contributed by atoms with Crippen LogP contribution >= 0.6 is 0 Å². The SMILES string of the molecule is c1ccc2oc(N3CCc4[nH]cnc4[C@H]3c3cc4ccccn4n3)nc2c1. The van der Waals surface area contributed by atoms with Crippen LogP contribution in [0.2, 0.25) is 0 Å². The smallest absolute Gasteiger partial charge is 0.299 e. The monoisotopic (exact) mass is 356 g/mol. The maximum Gasteiger partial charge on any atom is 0.299 e. The van der Waals surface area contributed by atoms with E-state index >= 15 is 0 Å². The lowest BCUT2D eigenvalue weighted by atomic mass is 10.0. The second kappa shape index (κ2) is 5.44. The Hall–Kier alpha value is -3.61. The molecule has 6 rings (SSSR count). The summed E-state index contributed by atoms with van der Waals surface area (Å²) in [6, 6.07) is 16.4. The van der Waals surface area contributed by atoms with E-state index in [1.807, 2.05) is 47.1 Å². The minimum Gasteiger partial charge on any atom is -0.423 e. The van der Waals surface area contributed by atoms with Gasteiger partial charge < -0.3 is 14.3 Å². The lowest BCUT2D eigenvalue weighted by Gasteiger charge is -2.32. The van der Waals surface area contributed by atoms with E-state index in [0.717, 1.165) is 46.7 Å². The summed E-state index contributed by atoms with van der Waals surface area (Å²) in [5.74, 6) is 0. The first-order valence-corrected chi connectivity index (χ1v) is 8.95. The Morgan fingerprint density at radius 2 is 2.04 bits per heavy atom. The molecule has 0 aliphatic carbocycles. The Labute approximate surface area is 154 Å². The standard InChI is InChI=1S/C20H16N6O/c1-2-7-17-14(6-1)23-20(27-17)25-10-8-15-18(22-12-21-15)19(25)16-11-13-5-3-4-9-26(13)24-16/h1-7,9,11-12,19H,8,10H2,(H,21,22)/t19-/m1/s1. The van der Waals surface area contributed by atoms with Crippen LogP contribution in [0.5, 0.6) is 0 Å². The van der Waals surface area contributed by atoms with Crippen LogP contribution in [-0.4, -0.2) is 31.1 Å². The fraction of sp³-hybridized carbons (Fsp3) is 0.150. The van der Waals surface area contributed by atoms with Gasteiger partial charge in [0.15, 0.2) is 5.58 Å². The molecule has 0 spiro atoms. The molecule has 7 heteroatoms. The number of oxazole rings is 1. The van der Waals surface area contributed by atoms with Crippen molar-refractivity contribution in [3.63, 3.8) is 0 Å². The molecule has 5 aromatic rings. The number of aromatic amines is 1. The lowest BCUT2D eigenvalue weighted by molar-refractivity contribution is 0.517. The number of para-hydroxylation sites is 2. The number of benzene rings is 1. The van der Waals surface area contributed by atoms with Gasteiger partial charge in [-0.1, -0.05) is 18.2 Å². The average Bonchev–Trinajstić information content (AvgIpc) is 3.43. The highest BCUT2D eigenvalue weighted by molar-refractivity contribution is 5.74. The first-order chi connectivity index (χ1) is 13.4. The molecule has 4 aromatic heterocycles. The number of hydrogen-bond donors (Lipinski definition) is 1. The first kappa shape index (κ1) is 14.5. The van der Waals surface area contributed by atoms with Crippen molar-refractivity contribution in [2.45, 2.75) is 12.5 Å². The quantitative estimate of drug-likeness (QED) is 0.525. The molecule has 1 aliphatic rings. The summed E-state index contributed by atoms with van der Waals surface area (Å²) in [4.78, 5) is 14.7. The zero-order valence-electron chi connectivity index (χ0n) is 14.4. The number of anilines is 1. The van der Waals surface area contributed by atoms with Crippen LogP contribution in [0, 0.1) is 0 Å². The minimum atomic E-state index is -0.145. The van der Waals surface area contributed by atoms with Gasteiger partial charge in [-0.15, -0.1) is 0 Å². The van der Waals surface area contributed by atoms with Gasteiger partial charge in [-0.25, -0.2) is 9.50 Å². The lowest BCUT2D eigenvalue weighted by Crippen LogP contribution is -2.36. The molecule has 5 heterocycles. The van der Waals surface area contributed by atoms with Crippen molar-refractivity contribution in [1.82, 2.24) is 24.6 Å². The van der Waals surface area contributed by atoms with Crippen LogP contribution in [0.4, 0.5) is 6.01 Å². The molecule has 132 valence electrons. The molecule has 0 saturated carbocycles. The molecule has 1 aliphatic heterocycles. The normalized spacial score (nSPS) is 16.9. The van der Waals surface area contributed by atoms with Gasteiger partial charge in [0.25, 0.3) is 6.01 Å². The molecule has 7 nitrogen and oxygen atoms in total. The highest BCUT2D eigenvalue weighted by Crippen LogP contribution is 2.37. The number of nitrogens with one attached hydrogen (secondary N) is 1. The van der Waals surface area contributed by atoms with E-state index in [-0.39, 0.29) is 6.04 Å². The van der Waals surface area contributed by atoms with E-state index in [2.05, 4.69) is 27.0 Å². The van der Waals surface area contributed by atoms with E-state index < -0.39 is 0 Å². The molecule has 0 fully saturated rings. The molecule has 0 unspecified atom stereocenters. The van der Waals surface area contributed by atoms with Crippen LogP contribution in [0.25, 0.3) is 16.6 Å². The summed E-state index contributed by atoms with van der Waals surface area (Å²) in [5.41, 5.74) is 5.74. The van der Waals surface area contributed by atoms with E-state index in [0.29, 0.717) is 6.01 Å². The Morgan fingerprint density at radius 1 is 1.11 bits per heavy atom. The molecule has 27 heavy (non-hydrogen) atoms. The van der Waals surface area contributed by atoms with Gasteiger partial charge >= 0.3 is 0 Å². The Balaban J connectivity index is 1.53. The highest BCUT2D eigenvalue weighted by atomic mass is 16.4. The maximum atomic E-state index is 6.07. The van der Waals surface area contributed by atoms with E-state index in [9.17, 15) is 0 Å². The third kappa shape index (κ3) is 2.18. The van der Waals surface area contributed by atoms with Crippen LogP contribution in [0.15, 0.2) is 65.5 Å². The Morgan fingerprint density at radius 3 is 2.96 bits per heavy atom. The maximum absolute atomic E-state index is 6.07. The zero-order chi connectivity index (χ0) is 17.8. The van der Waals surface area contributed by atoms with Crippen molar-refractivity contribution in [3.8, 4) is 0 Å². The summed E-state index contributed by atoms with van der Waals surface area (Å²) >= 11 is 0. The number of nitrogens with zero attached hydrogens (tertiary/aromatic N) is 5. The number of pyridine rings is 1. The molecular weight excluding hydrogens is 340 g/mol. The molecule has 0 radical (unpaired) electrons. The number of fused-ring (bicyclic) bond motifs is 3. The summed E-state index contributed by atoms with van der Waals surface area (Å²) in [6.45, 7) is 0.778. The largest absolute Gasteiger partial charge is 0.423 e. The number of imidazole rings is 1. The van der Waals surface area contributed by atoms with Crippen molar-refractivity contribution < 1.29 is 4.42 Å². The summed E-state index contributed by atoms with van der Waals surface area (Å²) in [6.07, 6.45) is 4.57. The second-order valence-corrected chi connectivity index (χ2v) is 6.72. The predicted molar refractivity (Wildman–Crippen MR) is 101 cm³/mol. The third-order valence-electron chi connectivity index (χ3n) is 5.12. The van der Waals surface area contributed by atoms with Crippen LogP contribution in [0.3, 0.4) is 0 Å². The van der Waals surface area contributed by atoms with Gasteiger partial charge in [-0.2, -0.15) is 10.1 Å². The van der Waals surface area contributed by atoms with Gasteiger partial charge in [-0.3, -0.25) is 0 Å². The fourth-order valence-corrected chi connectivity index (χ4v) is 3.86. The van der Waals surface area contributed by atoms with Gasteiger partial charge in [0.2, 0.25) is 0 Å². The van der Waals surface area contributed by atoms with Crippen LogP contribution < -0.4 is 4.90 Å². The number of H-pyrrole nitrogens is 1. The minimum absolute atomic E-state index is 0.145. The van der Waals surface area contributed by atoms with Crippen LogP contribution in [0.1, 0.15) is 23.1 Å². The van der Waals surface area contributed by atoms with Crippen molar-refractivity contribution in [3.05, 3.63) is 78.1 Å². The Kier molecular flexibility index (Phi) is 2.93. The molecule has 0 bridgehead atoms. The first-order valence-electron chi connectivity index (χ1n) is 8.95. The number of rotatable bonds is 2. The fourth-order valence-electron chi connectivity index (χ4n) is 3.86. The number of hydrogen-bond acceptors (Lipinski definition) is 5. The Bertz CT molecular complexity index is 1200. The van der Waals surface area contributed by atoms with Crippen molar-refractivity contribution in [1.29, 1.82) is 0 Å². The third-order valence-corrected chi connectivity index (χ3v) is 5.12. The number of aromatic nitrogens is 5. The van der Waals surface area contributed by atoms with Crippen molar-refractivity contribution >= 4 is 22.6 Å². The molecule has 1 atom stereocenters. The van der Waals surface area contributed by atoms with E-state index in [1.54, 1.807) is 6.33 Å². The zero-order valence-corrected chi connectivity index (χ0v) is 14.4. The van der Waals surface area contributed by atoms with E-state index in [1.165, 1.54) is 0 Å². The van der Waals surface area contributed by atoms with Crippen molar-refractivity contribution in [2.75, 3.05) is 11.4 Å². The molecular formula is C20H16N6O. The second-order valence-electron chi connectivity index (χ2n) is 6.72. The van der Waals surface area contributed by atoms with Gasteiger partial charge in [0.05, 0.1) is 23.2 Å².